The molecule has 0 saturated heterocycles. The third-order valence-corrected chi connectivity index (χ3v) is 3.87. The maximum atomic E-state index is 13.1. The van der Waals surface area contributed by atoms with Gasteiger partial charge < -0.3 is 5.11 Å². The number of hydrogen-bond donors (Lipinski definition) is 1. The van der Waals surface area contributed by atoms with E-state index in [1.165, 1.54) is 12.1 Å². The van der Waals surface area contributed by atoms with E-state index < -0.39 is 0 Å². The van der Waals surface area contributed by atoms with Gasteiger partial charge >= 0.3 is 0 Å². The van der Waals surface area contributed by atoms with Crippen molar-refractivity contribution in [3.8, 4) is 6.07 Å². The quantitative estimate of drug-likeness (QED) is 0.910. The van der Waals surface area contributed by atoms with E-state index in [1.807, 2.05) is 13.1 Å². The largest absolute Gasteiger partial charge is 0.391 e. The minimum atomic E-state index is -0.388. The molecule has 1 N–H and O–H groups in total. The highest BCUT2D eigenvalue weighted by molar-refractivity contribution is 5.37. The number of nitrogens with zero attached hydrogens (tertiary/aromatic N) is 2. The van der Waals surface area contributed by atoms with Crippen molar-refractivity contribution in [2.75, 3.05) is 7.05 Å². The molecule has 1 fully saturated rings. The van der Waals surface area contributed by atoms with Crippen molar-refractivity contribution in [1.82, 2.24) is 4.90 Å². The molecule has 1 aromatic carbocycles. The summed E-state index contributed by atoms with van der Waals surface area (Å²) >= 11 is 0. The third kappa shape index (κ3) is 3.31. The van der Waals surface area contributed by atoms with Crippen LogP contribution >= 0.6 is 0 Å². The van der Waals surface area contributed by atoms with Crippen molar-refractivity contribution in [2.24, 2.45) is 0 Å². The zero-order valence-electron chi connectivity index (χ0n) is 11.1. The maximum Gasteiger partial charge on any atom is 0.124 e. The Labute approximate surface area is 113 Å². The number of benzene rings is 1. The molecule has 2 rings (SSSR count). The van der Waals surface area contributed by atoms with Crippen LogP contribution in [-0.4, -0.2) is 29.2 Å². The fourth-order valence-electron chi connectivity index (χ4n) is 2.78. The summed E-state index contributed by atoms with van der Waals surface area (Å²) in [6.45, 7) is 0.560. The molecule has 0 heterocycles. The fraction of sp³-hybridized carbons (Fsp3) is 0.533. The molecular formula is C15H19FN2O. The molecule has 4 heteroatoms. The topological polar surface area (TPSA) is 47.3 Å². The number of rotatable bonds is 3. The molecule has 2 atom stereocenters. The van der Waals surface area contributed by atoms with Gasteiger partial charge in [0.2, 0.25) is 0 Å². The van der Waals surface area contributed by atoms with E-state index in [0.717, 1.165) is 31.2 Å². The van der Waals surface area contributed by atoms with E-state index in [2.05, 4.69) is 4.90 Å². The lowest BCUT2D eigenvalue weighted by Gasteiger charge is -2.35. The molecule has 1 aliphatic rings. The minimum absolute atomic E-state index is 0.130. The first-order valence-corrected chi connectivity index (χ1v) is 6.68. The Kier molecular flexibility index (Phi) is 4.52. The predicted molar refractivity (Wildman–Crippen MR) is 70.8 cm³/mol. The van der Waals surface area contributed by atoms with Crippen molar-refractivity contribution < 1.29 is 9.50 Å². The lowest BCUT2D eigenvalue weighted by molar-refractivity contribution is 0.0288. The zero-order chi connectivity index (χ0) is 13.8. The molecule has 102 valence electrons. The van der Waals surface area contributed by atoms with Crippen molar-refractivity contribution >= 4 is 0 Å². The number of halogens is 1. The molecular weight excluding hydrogens is 243 g/mol. The molecule has 0 aliphatic heterocycles. The molecule has 0 aromatic heterocycles. The summed E-state index contributed by atoms with van der Waals surface area (Å²) in [6.07, 6.45) is 3.71. The van der Waals surface area contributed by atoms with Gasteiger partial charge in [0.15, 0.2) is 0 Å². The highest BCUT2D eigenvalue weighted by Crippen LogP contribution is 2.24. The molecule has 2 unspecified atom stereocenters. The fourth-order valence-corrected chi connectivity index (χ4v) is 2.78. The van der Waals surface area contributed by atoms with Crippen LogP contribution in [-0.2, 0) is 6.54 Å². The zero-order valence-corrected chi connectivity index (χ0v) is 11.1. The van der Waals surface area contributed by atoms with Crippen LogP contribution in [0.2, 0.25) is 0 Å². The number of aliphatic hydroxyl groups excluding tert-OH is 1. The van der Waals surface area contributed by atoms with Crippen LogP contribution in [0, 0.1) is 17.1 Å². The summed E-state index contributed by atoms with van der Waals surface area (Å²) in [5.74, 6) is -0.388. The lowest BCUT2D eigenvalue weighted by Crippen LogP contribution is -2.42. The number of nitriles is 1. The summed E-state index contributed by atoms with van der Waals surface area (Å²) in [5, 5.41) is 19.1. The van der Waals surface area contributed by atoms with E-state index in [9.17, 15) is 9.50 Å². The average Bonchev–Trinajstić information content (AvgIpc) is 2.41. The highest BCUT2D eigenvalue weighted by atomic mass is 19.1. The Balaban J connectivity index is 2.10. The first-order valence-electron chi connectivity index (χ1n) is 6.68. The van der Waals surface area contributed by atoms with Gasteiger partial charge in [0.05, 0.1) is 17.7 Å². The second kappa shape index (κ2) is 6.14. The van der Waals surface area contributed by atoms with Gasteiger partial charge in [-0.1, -0.05) is 18.9 Å². The van der Waals surface area contributed by atoms with Gasteiger partial charge in [0, 0.05) is 12.6 Å². The summed E-state index contributed by atoms with van der Waals surface area (Å²) < 4.78 is 13.1. The molecule has 0 radical (unpaired) electrons. The smallest absolute Gasteiger partial charge is 0.124 e. The highest BCUT2D eigenvalue weighted by Gasteiger charge is 2.26. The van der Waals surface area contributed by atoms with Crippen LogP contribution in [0.15, 0.2) is 18.2 Å². The Morgan fingerprint density at radius 1 is 1.42 bits per heavy atom. The molecule has 0 bridgehead atoms. The Hall–Kier alpha value is -1.44. The van der Waals surface area contributed by atoms with Crippen LogP contribution in [0.4, 0.5) is 4.39 Å². The molecule has 3 nitrogen and oxygen atoms in total. The normalized spacial score (nSPS) is 23.3. The summed E-state index contributed by atoms with van der Waals surface area (Å²) in [6, 6.07) is 6.45. The van der Waals surface area contributed by atoms with E-state index >= 15 is 0 Å². The van der Waals surface area contributed by atoms with E-state index in [0.29, 0.717) is 12.1 Å². The molecule has 1 aliphatic carbocycles. The lowest BCUT2D eigenvalue weighted by atomic mass is 9.91. The van der Waals surface area contributed by atoms with Crippen molar-refractivity contribution in [2.45, 2.75) is 44.4 Å². The van der Waals surface area contributed by atoms with Crippen LogP contribution in [0.25, 0.3) is 0 Å². The maximum absolute atomic E-state index is 13.1. The van der Waals surface area contributed by atoms with Crippen LogP contribution < -0.4 is 0 Å². The van der Waals surface area contributed by atoms with Crippen LogP contribution in [0.1, 0.15) is 36.8 Å². The van der Waals surface area contributed by atoms with Crippen LogP contribution in [0.5, 0.6) is 0 Å². The van der Waals surface area contributed by atoms with Crippen molar-refractivity contribution in [1.29, 1.82) is 5.26 Å². The third-order valence-electron chi connectivity index (χ3n) is 3.87. The molecule has 0 spiro atoms. The Morgan fingerprint density at radius 2 is 2.16 bits per heavy atom. The van der Waals surface area contributed by atoms with Crippen LogP contribution in [0.3, 0.4) is 0 Å². The number of likely N-dealkylation sites (N-methyl/N-ethyl adjacent to an activating group) is 1. The first-order chi connectivity index (χ1) is 9.11. The van der Waals surface area contributed by atoms with Gasteiger partial charge in [-0.2, -0.15) is 5.26 Å². The summed E-state index contributed by atoms with van der Waals surface area (Å²) in [5.41, 5.74) is 1.18. The molecule has 19 heavy (non-hydrogen) atoms. The summed E-state index contributed by atoms with van der Waals surface area (Å²) in [4.78, 5) is 2.07. The van der Waals surface area contributed by atoms with Crippen molar-refractivity contribution in [3.63, 3.8) is 0 Å². The molecule has 0 amide bonds. The van der Waals surface area contributed by atoms with E-state index in [-0.39, 0.29) is 18.0 Å². The summed E-state index contributed by atoms with van der Waals surface area (Å²) in [7, 11) is 1.95. The monoisotopic (exact) mass is 262 g/mol. The molecule has 1 saturated carbocycles. The van der Waals surface area contributed by atoms with Gasteiger partial charge in [-0.3, -0.25) is 4.90 Å². The van der Waals surface area contributed by atoms with Crippen molar-refractivity contribution in [3.05, 3.63) is 35.1 Å². The average molecular weight is 262 g/mol. The SMILES string of the molecule is CN(Cc1ccc(F)cc1C#N)C1CCCCC1O. The van der Waals surface area contributed by atoms with Gasteiger partial charge in [0.25, 0.3) is 0 Å². The molecule has 1 aromatic rings. The number of aliphatic hydroxyl groups is 1. The standard InChI is InChI=1S/C15H19FN2O/c1-18(14-4-2-3-5-15(14)19)10-11-6-7-13(16)8-12(11)9-17/h6-8,14-15,19H,2-5,10H2,1H3. The number of hydrogen-bond acceptors (Lipinski definition) is 3. The second-order valence-electron chi connectivity index (χ2n) is 5.25. The van der Waals surface area contributed by atoms with Gasteiger partial charge in [-0.15, -0.1) is 0 Å². The predicted octanol–water partition coefficient (Wildman–Crippen LogP) is 2.43. The van der Waals surface area contributed by atoms with Gasteiger partial charge in [-0.25, -0.2) is 4.39 Å². The van der Waals surface area contributed by atoms with E-state index in [4.69, 9.17) is 5.26 Å². The van der Waals surface area contributed by atoms with Gasteiger partial charge in [0.1, 0.15) is 5.82 Å². The second-order valence-corrected chi connectivity index (χ2v) is 5.25. The first kappa shape index (κ1) is 14.0. The Morgan fingerprint density at radius 3 is 2.84 bits per heavy atom. The Bertz CT molecular complexity index is 484. The van der Waals surface area contributed by atoms with E-state index in [1.54, 1.807) is 6.07 Å². The minimum Gasteiger partial charge on any atom is -0.391 e. The van der Waals surface area contributed by atoms with Gasteiger partial charge in [-0.05, 0) is 37.6 Å².